The van der Waals surface area contributed by atoms with Crippen molar-refractivity contribution < 1.29 is 19.1 Å². The molecule has 3 atom stereocenters. The summed E-state index contributed by atoms with van der Waals surface area (Å²) in [5.41, 5.74) is 1.83. The summed E-state index contributed by atoms with van der Waals surface area (Å²) < 4.78 is 6.07. The number of carbonyl (C=O) groups excluding carboxylic acids is 3. The standard InChI is InChI=1S/C32H23N3O5S2/c36-24(33-22-15-8-10-18-9-4-5-13-20(18)22)17-40-23-16-7-6-14-21(23)25-26-28(41-29-27(25)42-32(39)34-29)31(38)35(30(26)37)19-11-2-1-3-12-19/h1-16,25-26,28H,17H2,(H,33,36)(H,34,39)/t25-,26?,28?/m1/s1. The predicted octanol–water partition coefficient (Wildman–Crippen LogP) is 5.40. The van der Waals surface area contributed by atoms with E-state index in [0.29, 0.717) is 32.6 Å². The number of H-pyrrole nitrogens is 1. The van der Waals surface area contributed by atoms with E-state index >= 15 is 0 Å². The van der Waals surface area contributed by atoms with Crippen molar-refractivity contribution in [1.82, 2.24) is 4.98 Å². The maximum atomic E-state index is 13.9. The van der Waals surface area contributed by atoms with Crippen molar-refractivity contribution in [2.75, 3.05) is 16.8 Å². The van der Waals surface area contributed by atoms with Gasteiger partial charge in [-0.25, -0.2) is 4.90 Å². The zero-order chi connectivity index (χ0) is 28.8. The minimum absolute atomic E-state index is 0.259. The molecule has 5 aromatic rings. The highest BCUT2D eigenvalue weighted by atomic mass is 32.2. The molecule has 2 aliphatic heterocycles. The Labute approximate surface area is 248 Å². The molecule has 1 aromatic heterocycles. The number of nitrogens with zero attached hydrogens (tertiary/aromatic N) is 1. The van der Waals surface area contributed by atoms with Gasteiger partial charge in [0.25, 0.3) is 5.91 Å². The van der Waals surface area contributed by atoms with Gasteiger partial charge in [0.05, 0.1) is 16.6 Å². The average molecular weight is 594 g/mol. The quantitative estimate of drug-likeness (QED) is 0.255. The Balaban J connectivity index is 1.21. The van der Waals surface area contributed by atoms with E-state index in [9.17, 15) is 19.2 Å². The molecule has 0 spiro atoms. The van der Waals surface area contributed by atoms with Crippen LogP contribution >= 0.6 is 23.1 Å². The van der Waals surface area contributed by atoms with E-state index in [0.717, 1.165) is 22.1 Å². The Kier molecular flexibility index (Phi) is 6.64. The molecular formula is C32H23N3O5S2. The van der Waals surface area contributed by atoms with Gasteiger partial charge in [-0.15, -0.1) is 0 Å². The number of ether oxygens (including phenoxy) is 1. The molecule has 2 N–H and O–H groups in total. The maximum absolute atomic E-state index is 13.9. The summed E-state index contributed by atoms with van der Waals surface area (Å²) >= 11 is 2.25. The van der Waals surface area contributed by atoms with Crippen LogP contribution in [0.1, 0.15) is 16.4 Å². The Hall–Kier alpha value is -4.67. The zero-order valence-corrected chi connectivity index (χ0v) is 23.6. The largest absolute Gasteiger partial charge is 0.483 e. The number of hydrogen-bond acceptors (Lipinski definition) is 7. The summed E-state index contributed by atoms with van der Waals surface area (Å²) in [4.78, 5) is 57.5. The highest BCUT2D eigenvalue weighted by molar-refractivity contribution is 8.00. The summed E-state index contributed by atoms with van der Waals surface area (Å²) in [6.07, 6.45) is 0. The van der Waals surface area contributed by atoms with E-state index in [1.807, 2.05) is 60.7 Å². The number of amides is 3. The van der Waals surface area contributed by atoms with Crippen LogP contribution in [0.3, 0.4) is 0 Å². The highest BCUT2D eigenvalue weighted by Gasteiger charge is 2.56. The summed E-state index contributed by atoms with van der Waals surface area (Å²) in [6, 6.07) is 29.5. The molecule has 1 saturated heterocycles. The molecule has 3 heterocycles. The number of nitrogens with one attached hydrogen (secondary N) is 2. The number of benzene rings is 4. The van der Waals surface area contributed by atoms with Crippen LogP contribution in [0.25, 0.3) is 10.8 Å². The van der Waals surface area contributed by atoms with Gasteiger partial charge < -0.3 is 15.0 Å². The fraction of sp³-hybridized carbons (Fsp3) is 0.125. The van der Waals surface area contributed by atoms with Crippen LogP contribution in [0.5, 0.6) is 5.75 Å². The molecular weight excluding hydrogens is 571 g/mol. The van der Waals surface area contributed by atoms with Gasteiger partial charge >= 0.3 is 4.87 Å². The van der Waals surface area contributed by atoms with Gasteiger partial charge in [0.15, 0.2) is 6.61 Å². The Morgan fingerprint density at radius 3 is 2.45 bits per heavy atom. The van der Waals surface area contributed by atoms with E-state index in [4.69, 9.17) is 4.74 Å². The number of aromatic amines is 1. The summed E-state index contributed by atoms with van der Waals surface area (Å²) in [5, 5.41) is 4.72. The molecule has 0 bridgehead atoms. The Morgan fingerprint density at radius 2 is 1.60 bits per heavy atom. The lowest BCUT2D eigenvalue weighted by Crippen LogP contribution is -2.32. The van der Waals surface area contributed by atoms with Crippen molar-refractivity contribution in [3.05, 3.63) is 117 Å². The minimum atomic E-state index is -0.754. The molecule has 7 rings (SSSR count). The number of fused-ring (bicyclic) bond motifs is 3. The molecule has 0 radical (unpaired) electrons. The molecule has 208 valence electrons. The van der Waals surface area contributed by atoms with Crippen LogP contribution in [0.2, 0.25) is 0 Å². The predicted molar refractivity (Wildman–Crippen MR) is 163 cm³/mol. The lowest BCUT2D eigenvalue weighted by atomic mass is 9.82. The third-order valence-electron chi connectivity index (χ3n) is 7.51. The number of carbonyl (C=O) groups is 3. The first-order chi connectivity index (χ1) is 20.5. The van der Waals surface area contributed by atoms with Gasteiger partial charge in [0.1, 0.15) is 11.0 Å². The normalized spacial score (nSPS) is 19.4. The lowest BCUT2D eigenvalue weighted by Gasteiger charge is -2.30. The average Bonchev–Trinajstić information content (AvgIpc) is 3.51. The van der Waals surface area contributed by atoms with Gasteiger partial charge in [-0.2, -0.15) is 0 Å². The molecule has 0 aliphatic carbocycles. The Morgan fingerprint density at radius 1 is 0.857 bits per heavy atom. The SMILES string of the molecule is O=C(COc1ccccc1[C@H]1c2sc(=O)[nH]c2SC2C(=O)N(c3ccccc3)C(=O)C21)Nc1cccc2ccccc12. The third-order valence-corrected chi connectivity index (χ3v) is 9.92. The van der Waals surface area contributed by atoms with Crippen LogP contribution in [0.4, 0.5) is 11.4 Å². The van der Waals surface area contributed by atoms with Crippen molar-refractivity contribution in [2.24, 2.45) is 5.92 Å². The molecule has 2 unspecified atom stereocenters. The van der Waals surface area contributed by atoms with Crippen molar-refractivity contribution in [1.29, 1.82) is 0 Å². The first-order valence-electron chi connectivity index (χ1n) is 13.3. The van der Waals surface area contributed by atoms with E-state index in [1.165, 1.54) is 16.7 Å². The van der Waals surface area contributed by atoms with E-state index in [-0.39, 0.29) is 29.2 Å². The third kappa shape index (κ3) is 4.49. The number of thiazole rings is 1. The van der Waals surface area contributed by atoms with E-state index in [2.05, 4.69) is 10.3 Å². The lowest BCUT2D eigenvalue weighted by molar-refractivity contribution is -0.122. The minimum Gasteiger partial charge on any atom is -0.483 e. The van der Waals surface area contributed by atoms with Crippen LogP contribution in [0, 0.1) is 5.92 Å². The number of para-hydroxylation sites is 2. The van der Waals surface area contributed by atoms with Gasteiger partial charge in [-0.3, -0.25) is 19.2 Å². The van der Waals surface area contributed by atoms with Gasteiger partial charge in [0, 0.05) is 27.4 Å². The second kappa shape index (κ2) is 10.6. The molecule has 10 heteroatoms. The van der Waals surface area contributed by atoms with E-state index in [1.54, 1.807) is 36.4 Å². The number of thioether (sulfide) groups is 1. The first kappa shape index (κ1) is 26.2. The van der Waals surface area contributed by atoms with Gasteiger partial charge in [0.2, 0.25) is 11.8 Å². The van der Waals surface area contributed by atoms with Crippen molar-refractivity contribution in [3.8, 4) is 5.75 Å². The number of imide groups is 1. The molecule has 1 fully saturated rings. The van der Waals surface area contributed by atoms with Crippen molar-refractivity contribution >= 4 is 63.0 Å². The highest BCUT2D eigenvalue weighted by Crippen LogP contribution is 2.54. The van der Waals surface area contributed by atoms with Crippen LogP contribution in [-0.2, 0) is 14.4 Å². The van der Waals surface area contributed by atoms with Crippen molar-refractivity contribution in [3.63, 3.8) is 0 Å². The molecule has 8 nitrogen and oxygen atoms in total. The van der Waals surface area contributed by atoms with Gasteiger partial charge in [-0.05, 0) is 29.7 Å². The second-order valence-corrected chi connectivity index (χ2v) is 12.2. The van der Waals surface area contributed by atoms with Gasteiger partial charge in [-0.1, -0.05) is 95.9 Å². The maximum Gasteiger partial charge on any atom is 0.305 e. The van der Waals surface area contributed by atoms with Crippen molar-refractivity contribution in [2.45, 2.75) is 16.2 Å². The van der Waals surface area contributed by atoms with Crippen LogP contribution < -0.4 is 19.8 Å². The number of aromatic nitrogens is 1. The topological polar surface area (TPSA) is 109 Å². The number of rotatable bonds is 6. The number of anilines is 2. The molecule has 42 heavy (non-hydrogen) atoms. The number of hydrogen-bond donors (Lipinski definition) is 2. The summed E-state index contributed by atoms with van der Waals surface area (Å²) in [6.45, 7) is -0.269. The fourth-order valence-corrected chi connectivity index (χ4v) is 8.22. The molecule has 4 aromatic carbocycles. The fourth-order valence-electron chi connectivity index (χ4n) is 5.72. The molecule has 0 saturated carbocycles. The smallest absolute Gasteiger partial charge is 0.305 e. The summed E-state index contributed by atoms with van der Waals surface area (Å²) in [5.74, 6) is -1.95. The van der Waals surface area contributed by atoms with E-state index < -0.39 is 17.1 Å². The second-order valence-electron chi connectivity index (χ2n) is 10.00. The first-order valence-corrected chi connectivity index (χ1v) is 15.0. The zero-order valence-electron chi connectivity index (χ0n) is 22.0. The monoisotopic (exact) mass is 593 g/mol. The van der Waals surface area contributed by atoms with Crippen LogP contribution in [0.15, 0.2) is 107 Å². The summed E-state index contributed by atoms with van der Waals surface area (Å²) in [7, 11) is 0. The Bertz CT molecular complexity index is 1910. The molecule has 2 aliphatic rings. The molecule has 3 amide bonds. The van der Waals surface area contributed by atoms with Crippen LogP contribution in [-0.4, -0.2) is 34.6 Å².